The van der Waals surface area contributed by atoms with Gasteiger partial charge < -0.3 is 19.9 Å². The lowest BCUT2D eigenvalue weighted by molar-refractivity contribution is 0.0421. The Morgan fingerprint density at radius 2 is 2.16 bits per heavy atom. The fraction of sp³-hybridized carbons (Fsp3) is 0.600. The predicted molar refractivity (Wildman–Crippen MR) is 78.0 cm³/mol. The highest BCUT2D eigenvalue weighted by Crippen LogP contribution is 2.24. The van der Waals surface area contributed by atoms with Crippen LogP contribution in [0.1, 0.15) is 25.3 Å². The minimum atomic E-state index is -0.512. The van der Waals surface area contributed by atoms with Crippen LogP contribution >= 0.6 is 0 Å². The lowest BCUT2D eigenvalue weighted by Gasteiger charge is -2.15. The van der Waals surface area contributed by atoms with Gasteiger partial charge in [-0.25, -0.2) is 0 Å². The summed E-state index contributed by atoms with van der Waals surface area (Å²) in [7, 11) is 1.64. The summed E-state index contributed by atoms with van der Waals surface area (Å²) in [6.45, 7) is 5.66. The first-order chi connectivity index (χ1) is 9.17. The third-order valence-corrected chi connectivity index (χ3v) is 2.84. The first-order valence-corrected chi connectivity index (χ1v) is 6.81. The standard InChI is InChI=1S/C15H25NO3/c1-4-5-8-19-11-13(17)10-16-14-9-12(2)6-7-15(14)18-3/h6-7,9,13,16-17H,4-5,8,10-11H2,1-3H3. The van der Waals surface area contributed by atoms with Crippen molar-refractivity contribution < 1.29 is 14.6 Å². The molecule has 0 saturated heterocycles. The van der Waals surface area contributed by atoms with Gasteiger partial charge in [0.2, 0.25) is 0 Å². The zero-order valence-electron chi connectivity index (χ0n) is 12.1. The maximum absolute atomic E-state index is 9.81. The highest BCUT2D eigenvalue weighted by molar-refractivity contribution is 5.58. The van der Waals surface area contributed by atoms with E-state index >= 15 is 0 Å². The zero-order chi connectivity index (χ0) is 14.1. The lowest BCUT2D eigenvalue weighted by atomic mass is 10.2. The number of methoxy groups -OCH3 is 1. The summed E-state index contributed by atoms with van der Waals surface area (Å²) in [5.74, 6) is 0.782. The molecule has 4 heteroatoms. The van der Waals surface area contributed by atoms with Gasteiger partial charge in [-0.15, -0.1) is 0 Å². The molecule has 0 aliphatic carbocycles. The van der Waals surface area contributed by atoms with Crippen molar-refractivity contribution in [2.24, 2.45) is 0 Å². The minimum Gasteiger partial charge on any atom is -0.495 e. The third-order valence-electron chi connectivity index (χ3n) is 2.84. The second kappa shape index (κ2) is 8.77. The van der Waals surface area contributed by atoms with E-state index in [2.05, 4.69) is 12.2 Å². The molecule has 0 fully saturated rings. The second-order valence-corrected chi connectivity index (χ2v) is 4.67. The topological polar surface area (TPSA) is 50.7 Å². The number of ether oxygens (including phenoxy) is 2. The maximum Gasteiger partial charge on any atom is 0.141 e. The Labute approximate surface area is 115 Å². The van der Waals surface area contributed by atoms with Crippen LogP contribution in [-0.4, -0.2) is 38.1 Å². The molecule has 0 amide bonds. The zero-order valence-corrected chi connectivity index (χ0v) is 12.1. The summed E-state index contributed by atoms with van der Waals surface area (Å²) in [6.07, 6.45) is 1.63. The van der Waals surface area contributed by atoms with Crippen molar-refractivity contribution in [1.82, 2.24) is 0 Å². The number of rotatable bonds is 9. The highest BCUT2D eigenvalue weighted by Gasteiger charge is 2.07. The van der Waals surface area contributed by atoms with Crippen LogP contribution in [0.5, 0.6) is 5.75 Å². The van der Waals surface area contributed by atoms with E-state index in [1.165, 1.54) is 0 Å². The van der Waals surface area contributed by atoms with E-state index in [0.29, 0.717) is 19.8 Å². The molecule has 1 unspecified atom stereocenters. The number of anilines is 1. The average Bonchev–Trinajstić information content (AvgIpc) is 2.41. The molecule has 0 heterocycles. The molecule has 108 valence electrons. The van der Waals surface area contributed by atoms with Gasteiger partial charge in [-0.1, -0.05) is 19.4 Å². The van der Waals surface area contributed by atoms with E-state index in [1.54, 1.807) is 7.11 Å². The van der Waals surface area contributed by atoms with E-state index in [0.717, 1.165) is 29.8 Å². The van der Waals surface area contributed by atoms with E-state index in [-0.39, 0.29) is 0 Å². The van der Waals surface area contributed by atoms with Crippen molar-refractivity contribution in [2.75, 3.05) is 32.2 Å². The molecule has 19 heavy (non-hydrogen) atoms. The third kappa shape index (κ3) is 5.94. The fourth-order valence-electron chi connectivity index (χ4n) is 1.71. The molecule has 0 spiro atoms. The Kier molecular flexibility index (Phi) is 7.30. The first-order valence-electron chi connectivity index (χ1n) is 6.81. The van der Waals surface area contributed by atoms with Gasteiger partial charge in [0.1, 0.15) is 5.75 Å². The van der Waals surface area contributed by atoms with Crippen LogP contribution < -0.4 is 10.1 Å². The Morgan fingerprint density at radius 1 is 1.37 bits per heavy atom. The van der Waals surface area contributed by atoms with Crippen LogP contribution in [0.3, 0.4) is 0 Å². The van der Waals surface area contributed by atoms with E-state index in [4.69, 9.17) is 9.47 Å². The smallest absolute Gasteiger partial charge is 0.141 e. The van der Waals surface area contributed by atoms with Gasteiger partial charge in [-0.2, -0.15) is 0 Å². The molecule has 1 aromatic rings. The molecule has 0 bridgehead atoms. The number of hydrogen-bond donors (Lipinski definition) is 2. The highest BCUT2D eigenvalue weighted by atomic mass is 16.5. The summed E-state index contributed by atoms with van der Waals surface area (Å²) < 4.78 is 10.7. The number of nitrogens with one attached hydrogen (secondary N) is 1. The molecular weight excluding hydrogens is 242 g/mol. The molecule has 1 atom stereocenters. The molecule has 0 aliphatic rings. The molecule has 0 aromatic heterocycles. The molecule has 0 radical (unpaired) electrons. The number of aryl methyl sites for hydroxylation is 1. The van der Waals surface area contributed by atoms with Crippen molar-refractivity contribution in [3.05, 3.63) is 23.8 Å². The summed E-state index contributed by atoms with van der Waals surface area (Å²) in [5.41, 5.74) is 2.05. The van der Waals surface area contributed by atoms with Gasteiger partial charge >= 0.3 is 0 Å². The molecule has 1 aromatic carbocycles. The molecule has 0 aliphatic heterocycles. The monoisotopic (exact) mass is 267 g/mol. The number of aliphatic hydroxyl groups excluding tert-OH is 1. The minimum absolute atomic E-state index is 0.362. The summed E-state index contributed by atoms with van der Waals surface area (Å²) in [4.78, 5) is 0. The summed E-state index contributed by atoms with van der Waals surface area (Å²) in [6, 6.07) is 5.92. The van der Waals surface area contributed by atoms with E-state index in [1.807, 2.05) is 25.1 Å². The Hall–Kier alpha value is -1.26. The number of hydrogen-bond acceptors (Lipinski definition) is 4. The van der Waals surface area contributed by atoms with E-state index < -0.39 is 6.10 Å². The molecular formula is C15H25NO3. The molecule has 2 N–H and O–H groups in total. The van der Waals surface area contributed by atoms with Gasteiger partial charge in [-0.05, 0) is 31.0 Å². The Balaban J connectivity index is 2.36. The number of unbranched alkanes of at least 4 members (excludes halogenated alkanes) is 1. The molecule has 4 nitrogen and oxygen atoms in total. The van der Waals surface area contributed by atoms with Crippen LogP contribution in [0.4, 0.5) is 5.69 Å². The molecule has 1 rings (SSSR count). The quantitative estimate of drug-likeness (QED) is 0.675. The van der Waals surface area contributed by atoms with Crippen molar-refractivity contribution >= 4 is 5.69 Å². The normalized spacial score (nSPS) is 12.2. The van der Waals surface area contributed by atoms with Gasteiger partial charge in [-0.3, -0.25) is 0 Å². The van der Waals surface area contributed by atoms with Gasteiger partial charge in [0, 0.05) is 13.2 Å². The first kappa shape index (κ1) is 15.8. The van der Waals surface area contributed by atoms with Crippen LogP contribution in [0.2, 0.25) is 0 Å². The number of benzene rings is 1. The largest absolute Gasteiger partial charge is 0.495 e. The van der Waals surface area contributed by atoms with Crippen LogP contribution in [-0.2, 0) is 4.74 Å². The van der Waals surface area contributed by atoms with Crippen LogP contribution in [0.15, 0.2) is 18.2 Å². The molecule has 0 saturated carbocycles. The van der Waals surface area contributed by atoms with Crippen LogP contribution in [0.25, 0.3) is 0 Å². The average molecular weight is 267 g/mol. The van der Waals surface area contributed by atoms with Gasteiger partial charge in [0.15, 0.2) is 0 Å². The van der Waals surface area contributed by atoms with Gasteiger partial charge in [0.05, 0.1) is 25.5 Å². The van der Waals surface area contributed by atoms with Crippen molar-refractivity contribution in [3.63, 3.8) is 0 Å². The van der Waals surface area contributed by atoms with Gasteiger partial charge in [0.25, 0.3) is 0 Å². The lowest BCUT2D eigenvalue weighted by Crippen LogP contribution is -2.25. The fourth-order valence-corrected chi connectivity index (χ4v) is 1.71. The van der Waals surface area contributed by atoms with Crippen molar-refractivity contribution in [1.29, 1.82) is 0 Å². The maximum atomic E-state index is 9.81. The van der Waals surface area contributed by atoms with Crippen molar-refractivity contribution in [2.45, 2.75) is 32.8 Å². The van der Waals surface area contributed by atoms with Crippen molar-refractivity contribution in [3.8, 4) is 5.75 Å². The second-order valence-electron chi connectivity index (χ2n) is 4.67. The van der Waals surface area contributed by atoms with E-state index in [9.17, 15) is 5.11 Å². The Morgan fingerprint density at radius 3 is 2.84 bits per heavy atom. The van der Waals surface area contributed by atoms with Crippen LogP contribution in [0, 0.1) is 6.92 Å². The predicted octanol–water partition coefficient (Wildman–Crippen LogP) is 2.59. The Bertz CT molecular complexity index is 368. The SMILES string of the molecule is CCCCOCC(O)CNc1cc(C)ccc1OC. The summed E-state index contributed by atoms with van der Waals surface area (Å²) in [5, 5.41) is 13.0. The number of aliphatic hydroxyl groups is 1. The summed E-state index contributed by atoms with van der Waals surface area (Å²) >= 11 is 0.